The first-order valence-electron chi connectivity index (χ1n) is 10.6. The number of fused-ring (bicyclic) bond motifs is 1. The van der Waals surface area contributed by atoms with E-state index in [9.17, 15) is 0 Å². The molecule has 6 nitrogen and oxygen atoms in total. The Morgan fingerprint density at radius 1 is 1.00 bits per heavy atom. The first-order chi connectivity index (χ1) is 15.3. The highest BCUT2D eigenvalue weighted by atomic mass is 35.5. The van der Waals surface area contributed by atoms with Crippen LogP contribution in [0.25, 0.3) is 33.4 Å². The van der Waals surface area contributed by atoms with Crippen LogP contribution >= 0.6 is 11.6 Å². The van der Waals surface area contributed by atoms with Crippen molar-refractivity contribution in [2.24, 2.45) is 0 Å². The summed E-state index contributed by atoms with van der Waals surface area (Å²) < 4.78 is 0. The minimum atomic E-state index is 0.706. The van der Waals surface area contributed by atoms with Gasteiger partial charge in [-0.2, -0.15) is 0 Å². The number of aromatic nitrogens is 3. The molecule has 0 unspecified atom stereocenters. The molecule has 2 aromatic carbocycles. The van der Waals surface area contributed by atoms with E-state index in [1.54, 1.807) is 6.33 Å². The van der Waals surface area contributed by atoms with Gasteiger partial charge in [-0.15, -0.1) is 0 Å². The Morgan fingerprint density at radius 2 is 1.90 bits per heavy atom. The first kappa shape index (κ1) is 20.0. The van der Waals surface area contributed by atoms with Gasteiger partial charge < -0.3 is 15.6 Å². The number of rotatable bonds is 6. The van der Waals surface area contributed by atoms with Crippen LogP contribution in [-0.4, -0.2) is 59.1 Å². The summed E-state index contributed by atoms with van der Waals surface area (Å²) in [6.07, 6.45) is 3.63. The van der Waals surface area contributed by atoms with Gasteiger partial charge in [0.1, 0.15) is 0 Å². The lowest BCUT2D eigenvalue weighted by Gasteiger charge is -2.27. The second-order valence-corrected chi connectivity index (χ2v) is 8.22. The maximum absolute atomic E-state index is 6.19. The molecule has 0 aliphatic carbocycles. The van der Waals surface area contributed by atoms with E-state index in [0.717, 1.165) is 78.4 Å². The minimum Gasteiger partial charge on any atom is -0.382 e. The molecule has 0 amide bonds. The summed E-state index contributed by atoms with van der Waals surface area (Å²) in [5, 5.41) is 8.71. The molecule has 1 fully saturated rings. The minimum absolute atomic E-state index is 0.706. The Bertz CT molecular complexity index is 1180. The lowest BCUT2D eigenvalue weighted by Crippen LogP contribution is -2.45. The van der Waals surface area contributed by atoms with E-state index in [2.05, 4.69) is 48.7 Å². The number of halogens is 1. The zero-order valence-electron chi connectivity index (χ0n) is 17.2. The molecule has 0 saturated carbocycles. The molecule has 4 aromatic rings. The fourth-order valence-electron chi connectivity index (χ4n) is 4.05. The van der Waals surface area contributed by atoms with Gasteiger partial charge in [-0.3, -0.25) is 9.88 Å². The van der Waals surface area contributed by atoms with Crippen molar-refractivity contribution in [1.29, 1.82) is 0 Å². The van der Waals surface area contributed by atoms with Crippen molar-refractivity contribution < 1.29 is 0 Å². The Balaban J connectivity index is 1.37. The molecular formula is C24H25ClN6. The third kappa shape index (κ3) is 4.56. The van der Waals surface area contributed by atoms with Gasteiger partial charge in [0.2, 0.25) is 0 Å². The van der Waals surface area contributed by atoms with E-state index in [-0.39, 0.29) is 0 Å². The quantitative estimate of drug-likeness (QED) is 0.424. The highest BCUT2D eigenvalue weighted by Crippen LogP contribution is 2.32. The number of imidazole rings is 1. The number of nitrogens with zero attached hydrogens (tertiary/aromatic N) is 3. The van der Waals surface area contributed by atoms with Crippen molar-refractivity contribution in [2.45, 2.75) is 0 Å². The molecule has 0 radical (unpaired) electrons. The van der Waals surface area contributed by atoms with Crippen molar-refractivity contribution in [2.75, 3.05) is 44.6 Å². The van der Waals surface area contributed by atoms with Gasteiger partial charge in [-0.05, 0) is 30.3 Å². The summed E-state index contributed by atoms with van der Waals surface area (Å²) >= 11 is 6.19. The normalized spacial score (nSPS) is 14.7. The van der Waals surface area contributed by atoms with Crippen molar-refractivity contribution in [3.05, 3.63) is 66.1 Å². The molecule has 3 N–H and O–H groups in total. The Hall–Kier alpha value is -2.93. The van der Waals surface area contributed by atoms with Gasteiger partial charge in [0.15, 0.2) is 0 Å². The van der Waals surface area contributed by atoms with Crippen LogP contribution in [0.1, 0.15) is 0 Å². The van der Waals surface area contributed by atoms with Crippen molar-refractivity contribution >= 4 is 28.2 Å². The average molecular weight is 433 g/mol. The van der Waals surface area contributed by atoms with E-state index < -0.39 is 0 Å². The fraction of sp³-hybridized carbons (Fsp3) is 0.250. The monoisotopic (exact) mass is 432 g/mol. The smallest absolute Gasteiger partial charge is 0.0961 e. The number of aromatic amines is 1. The van der Waals surface area contributed by atoms with E-state index in [0.29, 0.717) is 5.02 Å². The Morgan fingerprint density at radius 3 is 2.77 bits per heavy atom. The summed E-state index contributed by atoms with van der Waals surface area (Å²) in [4.78, 5) is 14.9. The highest BCUT2D eigenvalue weighted by molar-refractivity contribution is 6.30. The fourth-order valence-corrected chi connectivity index (χ4v) is 4.24. The number of hydrogen-bond donors (Lipinski definition) is 3. The van der Waals surface area contributed by atoms with E-state index in [1.165, 1.54) is 0 Å². The van der Waals surface area contributed by atoms with Gasteiger partial charge >= 0.3 is 0 Å². The maximum Gasteiger partial charge on any atom is 0.0961 e. The molecule has 31 heavy (non-hydrogen) atoms. The molecule has 0 bridgehead atoms. The number of anilines is 1. The molecule has 1 saturated heterocycles. The summed E-state index contributed by atoms with van der Waals surface area (Å²) in [6, 6.07) is 16.2. The standard InChI is InChI=1S/C24H25ClN6/c25-20-3-1-2-17(13-20)23-24(30-16-29-23)18-4-5-22-19(12-18)14-21(15-28-22)27-8-11-31-9-6-26-7-10-31/h1-5,12-16,26-27H,6-11H2,(H,29,30). The summed E-state index contributed by atoms with van der Waals surface area (Å²) in [7, 11) is 0. The predicted octanol–water partition coefficient (Wildman–Crippen LogP) is 4.26. The molecule has 1 aliphatic heterocycles. The van der Waals surface area contributed by atoms with Crippen LogP contribution in [0.3, 0.4) is 0 Å². The van der Waals surface area contributed by atoms with Crippen molar-refractivity contribution in [3.8, 4) is 22.5 Å². The lowest BCUT2D eigenvalue weighted by molar-refractivity contribution is 0.249. The molecular weight excluding hydrogens is 408 g/mol. The molecule has 5 rings (SSSR count). The maximum atomic E-state index is 6.19. The summed E-state index contributed by atoms with van der Waals surface area (Å²) in [6.45, 7) is 6.32. The second-order valence-electron chi connectivity index (χ2n) is 7.79. The summed E-state index contributed by atoms with van der Waals surface area (Å²) in [5.41, 5.74) is 5.93. The van der Waals surface area contributed by atoms with Crippen LogP contribution < -0.4 is 10.6 Å². The van der Waals surface area contributed by atoms with Crippen LogP contribution in [0, 0.1) is 0 Å². The van der Waals surface area contributed by atoms with Gasteiger partial charge in [-0.25, -0.2) is 4.98 Å². The van der Waals surface area contributed by atoms with Gasteiger partial charge in [0.25, 0.3) is 0 Å². The number of pyridine rings is 1. The molecule has 7 heteroatoms. The third-order valence-corrected chi connectivity index (χ3v) is 5.91. The number of H-pyrrole nitrogens is 1. The van der Waals surface area contributed by atoms with Gasteiger partial charge in [-0.1, -0.05) is 29.8 Å². The topological polar surface area (TPSA) is 68.9 Å². The first-order valence-corrected chi connectivity index (χ1v) is 11.0. The van der Waals surface area contributed by atoms with E-state index in [1.807, 2.05) is 36.5 Å². The lowest BCUT2D eigenvalue weighted by atomic mass is 10.0. The number of benzene rings is 2. The molecule has 3 heterocycles. The van der Waals surface area contributed by atoms with Gasteiger partial charge in [0, 0.05) is 60.8 Å². The van der Waals surface area contributed by atoms with Crippen LogP contribution in [0.15, 0.2) is 61.1 Å². The predicted molar refractivity (Wildman–Crippen MR) is 128 cm³/mol. The molecule has 0 atom stereocenters. The summed E-state index contributed by atoms with van der Waals surface area (Å²) in [5.74, 6) is 0. The van der Waals surface area contributed by atoms with E-state index >= 15 is 0 Å². The van der Waals surface area contributed by atoms with Crippen LogP contribution in [-0.2, 0) is 0 Å². The van der Waals surface area contributed by atoms with Gasteiger partial charge in [0.05, 0.1) is 35.1 Å². The molecule has 158 valence electrons. The Kier molecular flexibility index (Phi) is 5.84. The zero-order chi connectivity index (χ0) is 21.0. The Labute approximate surface area is 186 Å². The van der Waals surface area contributed by atoms with Crippen molar-refractivity contribution in [3.63, 3.8) is 0 Å². The third-order valence-electron chi connectivity index (χ3n) is 5.67. The van der Waals surface area contributed by atoms with E-state index in [4.69, 9.17) is 11.6 Å². The number of nitrogens with one attached hydrogen (secondary N) is 3. The zero-order valence-corrected chi connectivity index (χ0v) is 18.0. The number of hydrogen-bond acceptors (Lipinski definition) is 5. The molecule has 2 aromatic heterocycles. The number of piperazine rings is 1. The molecule has 1 aliphatic rings. The van der Waals surface area contributed by atoms with Crippen LogP contribution in [0.2, 0.25) is 5.02 Å². The SMILES string of the molecule is Clc1cccc(-c2[nH]cnc2-c2ccc3ncc(NCCN4CCNCC4)cc3c2)c1. The van der Waals surface area contributed by atoms with Crippen LogP contribution in [0.5, 0.6) is 0 Å². The largest absolute Gasteiger partial charge is 0.382 e. The van der Waals surface area contributed by atoms with Crippen molar-refractivity contribution in [1.82, 2.24) is 25.2 Å². The second kappa shape index (κ2) is 9.06. The average Bonchev–Trinajstić information content (AvgIpc) is 3.29. The van der Waals surface area contributed by atoms with Crippen LogP contribution in [0.4, 0.5) is 5.69 Å². The highest BCUT2D eigenvalue weighted by Gasteiger charge is 2.12. The molecule has 0 spiro atoms.